The number of hydrogen-bond acceptors (Lipinski definition) is 4. The number of carbonyl (C=O) groups is 2. The fourth-order valence-electron chi connectivity index (χ4n) is 2.81. The van der Waals surface area contributed by atoms with E-state index in [1.807, 2.05) is 45.0 Å². The molecule has 0 heterocycles. The Balaban J connectivity index is 2.19. The Hall–Kier alpha value is -2.73. The molecule has 0 bridgehead atoms. The molecule has 0 aromatic heterocycles. The number of nitrogens with one attached hydrogen (secondary N) is 1. The minimum atomic E-state index is -0.689. The Morgan fingerprint density at radius 1 is 1.10 bits per heavy atom. The summed E-state index contributed by atoms with van der Waals surface area (Å²) in [5, 5.41) is 3.45. The fraction of sp³-hybridized carbons (Fsp3) is 0.391. The highest BCUT2D eigenvalue weighted by molar-refractivity contribution is 6.30. The van der Waals surface area contributed by atoms with Crippen LogP contribution in [0.25, 0.3) is 0 Å². The van der Waals surface area contributed by atoms with E-state index in [0.717, 1.165) is 5.56 Å². The zero-order valence-corrected chi connectivity index (χ0v) is 18.8. The van der Waals surface area contributed by atoms with E-state index in [4.69, 9.17) is 21.1 Å². The van der Waals surface area contributed by atoms with Gasteiger partial charge in [-0.1, -0.05) is 29.8 Å². The average molecular weight is 433 g/mol. The Labute approximate surface area is 183 Å². The second-order valence-electron chi connectivity index (χ2n) is 8.03. The van der Waals surface area contributed by atoms with Gasteiger partial charge in [0.2, 0.25) is 5.91 Å². The fourth-order valence-corrected chi connectivity index (χ4v) is 2.99. The SMILES string of the molecule is COc1cccc(CN(C(=O)COc2cccc(Cl)c2)[C@H](C)C(=O)NC(C)(C)C)c1. The average Bonchev–Trinajstić information content (AvgIpc) is 2.68. The monoisotopic (exact) mass is 432 g/mol. The molecule has 162 valence electrons. The summed E-state index contributed by atoms with van der Waals surface area (Å²) in [4.78, 5) is 27.3. The van der Waals surface area contributed by atoms with E-state index in [1.165, 1.54) is 4.90 Å². The van der Waals surface area contributed by atoms with Crippen LogP contribution in [0.4, 0.5) is 0 Å². The number of benzene rings is 2. The molecule has 2 rings (SSSR count). The quantitative estimate of drug-likeness (QED) is 0.683. The van der Waals surface area contributed by atoms with Gasteiger partial charge in [0, 0.05) is 17.1 Å². The lowest BCUT2D eigenvalue weighted by Gasteiger charge is -2.31. The molecule has 0 saturated carbocycles. The van der Waals surface area contributed by atoms with Gasteiger partial charge in [-0.2, -0.15) is 0 Å². The largest absolute Gasteiger partial charge is 0.497 e. The van der Waals surface area contributed by atoms with E-state index in [1.54, 1.807) is 38.3 Å². The van der Waals surface area contributed by atoms with E-state index in [2.05, 4.69) is 5.32 Å². The van der Waals surface area contributed by atoms with Crippen LogP contribution in [0.15, 0.2) is 48.5 Å². The molecule has 2 aromatic carbocycles. The van der Waals surface area contributed by atoms with Crippen LogP contribution in [0, 0.1) is 0 Å². The van der Waals surface area contributed by atoms with Crippen molar-refractivity contribution < 1.29 is 19.1 Å². The van der Waals surface area contributed by atoms with Crippen LogP contribution in [0.5, 0.6) is 11.5 Å². The molecule has 0 unspecified atom stereocenters. The summed E-state index contributed by atoms with van der Waals surface area (Å²) >= 11 is 5.97. The van der Waals surface area contributed by atoms with E-state index in [0.29, 0.717) is 16.5 Å². The Morgan fingerprint density at radius 2 is 1.77 bits per heavy atom. The molecule has 1 atom stereocenters. The second-order valence-corrected chi connectivity index (χ2v) is 8.47. The third kappa shape index (κ3) is 7.26. The van der Waals surface area contributed by atoms with Crippen molar-refractivity contribution in [1.82, 2.24) is 10.2 Å². The first-order valence-electron chi connectivity index (χ1n) is 9.72. The lowest BCUT2D eigenvalue weighted by Crippen LogP contribution is -2.53. The maximum absolute atomic E-state index is 13.0. The van der Waals surface area contributed by atoms with Gasteiger partial charge in [0.25, 0.3) is 5.91 Å². The van der Waals surface area contributed by atoms with Gasteiger partial charge in [-0.15, -0.1) is 0 Å². The second kappa shape index (κ2) is 10.3. The maximum Gasteiger partial charge on any atom is 0.261 e. The molecule has 2 aromatic rings. The minimum Gasteiger partial charge on any atom is -0.497 e. The van der Waals surface area contributed by atoms with Gasteiger partial charge in [0.05, 0.1) is 7.11 Å². The molecular weight excluding hydrogens is 404 g/mol. The molecule has 0 saturated heterocycles. The van der Waals surface area contributed by atoms with E-state index < -0.39 is 11.6 Å². The summed E-state index contributed by atoms with van der Waals surface area (Å²) in [5.41, 5.74) is 0.439. The standard InChI is InChI=1S/C23H29ClN2O4/c1-16(22(28)25-23(2,3)4)26(14-17-8-6-10-19(12-17)29-5)21(27)15-30-20-11-7-9-18(24)13-20/h6-13,16H,14-15H2,1-5H3,(H,25,28)/t16-/m1/s1. The number of rotatable bonds is 8. The first-order chi connectivity index (χ1) is 14.1. The van der Waals surface area contributed by atoms with Crippen molar-refractivity contribution >= 4 is 23.4 Å². The molecule has 6 nitrogen and oxygen atoms in total. The summed E-state index contributed by atoms with van der Waals surface area (Å²) in [6.45, 7) is 7.43. The van der Waals surface area contributed by atoms with Gasteiger partial charge >= 0.3 is 0 Å². The van der Waals surface area contributed by atoms with Gasteiger partial charge in [-0.25, -0.2) is 0 Å². The van der Waals surface area contributed by atoms with Crippen molar-refractivity contribution in [3.63, 3.8) is 0 Å². The third-order valence-corrected chi connectivity index (χ3v) is 4.55. The van der Waals surface area contributed by atoms with Crippen molar-refractivity contribution in [1.29, 1.82) is 0 Å². The van der Waals surface area contributed by atoms with Gasteiger partial charge in [0.1, 0.15) is 17.5 Å². The molecule has 0 aliphatic rings. The number of halogens is 1. The maximum atomic E-state index is 13.0. The first kappa shape index (κ1) is 23.5. The number of hydrogen-bond donors (Lipinski definition) is 1. The molecular formula is C23H29ClN2O4. The van der Waals surface area contributed by atoms with Crippen molar-refractivity contribution in [2.45, 2.75) is 45.8 Å². The summed E-state index contributed by atoms with van der Waals surface area (Å²) < 4.78 is 10.9. The number of carbonyl (C=O) groups excluding carboxylic acids is 2. The summed E-state index contributed by atoms with van der Waals surface area (Å²) in [7, 11) is 1.58. The van der Waals surface area contributed by atoms with Crippen molar-refractivity contribution in [3.8, 4) is 11.5 Å². The lowest BCUT2D eigenvalue weighted by molar-refractivity contribution is -0.142. The first-order valence-corrected chi connectivity index (χ1v) is 10.1. The molecule has 1 N–H and O–H groups in total. The zero-order chi connectivity index (χ0) is 22.3. The van der Waals surface area contributed by atoms with Crippen LogP contribution >= 0.6 is 11.6 Å². The van der Waals surface area contributed by atoms with Crippen molar-refractivity contribution in [3.05, 3.63) is 59.1 Å². The normalized spacial score (nSPS) is 12.1. The predicted molar refractivity (Wildman–Crippen MR) is 118 cm³/mol. The molecule has 0 aliphatic heterocycles. The predicted octanol–water partition coefficient (Wildman–Crippen LogP) is 4.06. The topological polar surface area (TPSA) is 67.9 Å². The molecule has 7 heteroatoms. The van der Waals surface area contributed by atoms with E-state index >= 15 is 0 Å². The number of ether oxygens (including phenoxy) is 2. The van der Waals surface area contributed by atoms with Gasteiger partial charge < -0.3 is 19.7 Å². The molecule has 30 heavy (non-hydrogen) atoms. The van der Waals surface area contributed by atoms with Crippen LogP contribution < -0.4 is 14.8 Å². The van der Waals surface area contributed by atoms with E-state index in [9.17, 15) is 9.59 Å². The Morgan fingerprint density at radius 3 is 2.40 bits per heavy atom. The summed E-state index contributed by atoms with van der Waals surface area (Å²) in [5.74, 6) is 0.627. The van der Waals surface area contributed by atoms with Gasteiger partial charge in [-0.05, 0) is 63.6 Å². The van der Waals surface area contributed by atoms with Gasteiger partial charge in [-0.3, -0.25) is 9.59 Å². The zero-order valence-electron chi connectivity index (χ0n) is 18.1. The molecule has 0 aliphatic carbocycles. The lowest BCUT2D eigenvalue weighted by atomic mass is 10.1. The van der Waals surface area contributed by atoms with E-state index in [-0.39, 0.29) is 25.0 Å². The third-order valence-electron chi connectivity index (χ3n) is 4.31. The Kier molecular flexibility index (Phi) is 8.12. The van der Waals surface area contributed by atoms with Crippen LogP contribution in [0.2, 0.25) is 5.02 Å². The number of methoxy groups -OCH3 is 1. The molecule has 0 radical (unpaired) electrons. The minimum absolute atomic E-state index is 0.211. The Bertz CT molecular complexity index is 880. The smallest absolute Gasteiger partial charge is 0.261 e. The summed E-state index contributed by atoms with van der Waals surface area (Å²) in [6.07, 6.45) is 0. The van der Waals surface area contributed by atoms with Crippen LogP contribution in [0.3, 0.4) is 0 Å². The highest BCUT2D eigenvalue weighted by Gasteiger charge is 2.28. The summed E-state index contributed by atoms with van der Waals surface area (Å²) in [6, 6.07) is 13.5. The van der Waals surface area contributed by atoms with Crippen molar-refractivity contribution in [2.75, 3.05) is 13.7 Å². The van der Waals surface area contributed by atoms with Crippen LogP contribution in [-0.2, 0) is 16.1 Å². The number of nitrogens with zero attached hydrogens (tertiary/aromatic N) is 1. The van der Waals surface area contributed by atoms with Crippen LogP contribution in [0.1, 0.15) is 33.3 Å². The molecule has 0 fully saturated rings. The molecule has 0 spiro atoms. The molecule has 2 amide bonds. The van der Waals surface area contributed by atoms with Crippen molar-refractivity contribution in [2.24, 2.45) is 0 Å². The van der Waals surface area contributed by atoms with Crippen LogP contribution in [-0.4, -0.2) is 42.0 Å². The number of amides is 2. The van der Waals surface area contributed by atoms with Gasteiger partial charge in [0.15, 0.2) is 6.61 Å². The highest BCUT2D eigenvalue weighted by atomic mass is 35.5. The highest BCUT2D eigenvalue weighted by Crippen LogP contribution is 2.19.